The third kappa shape index (κ3) is 4.47. The van der Waals surface area contributed by atoms with Gasteiger partial charge in [0.05, 0.1) is 5.52 Å². The highest BCUT2D eigenvalue weighted by molar-refractivity contribution is 6.22. The number of fused-ring (bicyclic) bond motifs is 7. The van der Waals surface area contributed by atoms with Gasteiger partial charge >= 0.3 is 0 Å². The highest BCUT2D eigenvalue weighted by atomic mass is 14.7. The van der Waals surface area contributed by atoms with Crippen molar-refractivity contribution in [3.63, 3.8) is 0 Å². The Morgan fingerprint density at radius 3 is 1.39 bits per heavy atom. The normalized spacial score (nSPS) is 11.7. The molecule has 0 fully saturated rings. The van der Waals surface area contributed by atoms with Crippen LogP contribution in [0.3, 0.4) is 0 Å². The average molecular weight is 622 g/mol. The molecule has 1 nitrogen and oxygen atoms in total. The molecule has 0 aliphatic rings. The molecule has 1 aromatic heterocycles. The molecule has 1 heterocycles. The third-order valence-corrected chi connectivity index (χ3v) is 10.2. The van der Waals surface area contributed by atoms with Crippen LogP contribution in [0.25, 0.3) is 98.6 Å². The van der Waals surface area contributed by atoms with Gasteiger partial charge in [-0.3, -0.25) is 0 Å². The van der Waals surface area contributed by atoms with Crippen molar-refractivity contribution in [1.82, 2.24) is 4.98 Å². The molecule has 0 aliphatic carbocycles. The Labute approximate surface area is 284 Å². The molecule has 0 atom stereocenters. The van der Waals surface area contributed by atoms with E-state index in [2.05, 4.69) is 187 Å². The van der Waals surface area contributed by atoms with Crippen molar-refractivity contribution in [3.8, 4) is 44.5 Å². The molecule has 1 N–H and O–H groups in total. The zero-order valence-corrected chi connectivity index (χ0v) is 26.8. The maximum absolute atomic E-state index is 3.71. The topological polar surface area (TPSA) is 15.8 Å². The van der Waals surface area contributed by atoms with E-state index in [4.69, 9.17) is 0 Å². The minimum Gasteiger partial charge on any atom is -0.354 e. The zero-order valence-electron chi connectivity index (χ0n) is 26.8. The zero-order chi connectivity index (χ0) is 32.3. The Bertz CT molecular complexity index is 2820. The van der Waals surface area contributed by atoms with Crippen molar-refractivity contribution in [2.45, 2.75) is 0 Å². The molecule has 0 spiro atoms. The molecule has 49 heavy (non-hydrogen) atoms. The van der Waals surface area contributed by atoms with Crippen LogP contribution in [0.2, 0.25) is 0 Å². The minimum atomic E-state index is 1.16. The second-order valence-corrected chi connectivity index (χ2v) is 13.0. The van der Waals surface area contributed by atoms with Crippen LogP contribution >= 0.6 is 0 Å². The molecule has 0 amide bonds. The fraction of sp³-hybridized carbons (Fsp3) is 0. The molecule has 10 rings (SSSR count). The molecule has 228 valence electrons. The highest BCUT2D eigenvalue weighted by Crippen LogP contribution is 2.45. The molecular weight excluding hydrogens is 591 g/mol. The molecule has 0 aliphatic heterocycles. The average Bonchev–Trinajstić information content (AvgIpc) is 3.56. The van der Waals surface area contributed by atoms with Crippen molar-refractivity contribution in [2.24, 2.45) is 0 Å². The van der Waals surface area contributed by atoms with E-state index in [9.17, 15) is 0 Å². The lowest BCUT2D eigenvalue weighted by Crippen LogP contribution is -1.91. The van der Waals surface area contributed by atoms with Gasteiger partial charge in [-0.25, -0.2) is 0 Å². The number of aromatic nitrogens is 1. The largest absolute Gasteiger partial charge is 0.354 e. The van der Waals surface area contributed by atoms with Crippen molar-refractivity contribution in [3.05, 3.63) is 182 Å². The van der Waals surface area contributed by atoms with Crippen LogP contribution in [-0.4, -0.2) is 4.98 Å². The summed E-state index contributed by atoms with van der Waals surface area (Å²) < 4.78 is 0. The predicted octanol–water partition coefficient (Wildman–Crippen LogP) is 13.4. The first-order valence-electron chi connectivity index (χ1n) is 16.9. The maximum Gasteiger partial charge on any atom is 0.0544 e. The molecule has 0 unspecified atom stereocenters. The highest BCUT2D eigenvalue weighted by Gasteiger charge is 2.17. The molecule has 0 saturated heterocycles. The fourth-order valence-electron chi connectivity index (χ4n) is 7.91. The molecular formula is C48H31N. The van der Waals surface area contributed by atoms with Crippen molar-refractivity contribution in [2.75, 3.05) is 0 Å². The quantitative estimate of drug-likeness (QED) is 0.188. The first kappa shape index (κ1) is 27.7. The smallest absolute Gasteiger partial charge is 0.0544 e. The van der Waals surface area contributed by atoms with Gasteiger partial charge in [-0.2, -0.15) is 0 Å². The number of nitrogens with one attached hydrogen (secondary N) is 1. The first-order valence-corrected chi connectivity index (χ1v) is 16.9. The second-order valence-electron chi connectivity index (χ2n) is 13.0. The fourth-order valence-corrected chi connectivity index (χ4v) is 7.91. The van der Waals surface area contributed by atoms with Gasteiger partial charge < -0.3 is 4.98 Å². The molecule has 9 aromatic carbocycles. The van der Waals surface area contributed by atoms with Gasteiger partial charge in [0.25, 0.3) is 0 Å². The van der Waals surface area contributed by atoms with E-state index in [0.717, 1.165) is 5.52 Å². The molecule has 10 aromatic rings. The minimum absolute atomic E-state index is 1.16. The maximum atomic E-state index is 3.71. The summed E-state index contributed by atoms with van der Waals surface area (Å²) in [6, 6.07) is 66.5. The van der Waals surface area contributed by atoms with Gasteiger partial charge in [0.15, 0.2) is 0 Å². The number of H-pyrrole nitrogens is 1. The Hall–Kier alpha value is -6.44. The first-order chi connectivity index (χ1) is 24.3. The van der Waals surface area contributed by atoms with E-state index >= 15 is 0 Å². The molecule has 0 radical (unpaired) electrons. The van der Waals surface area contributed by atoms with E-state index in [1.54, 1.807) is 0 Å². The van der Waals surface area contributed by atoms with E-state index in [1.807, 2.05) is 0 Å². The Morgan fingerprint density at radius 2 is 0.755 bits per heavy atom. The van der Waals surface area contributed by atoms with Crippen LogP contribution < -0.4 is 0 Å². The number of aromatic amines is 1. The van der Waals surface area contributed by atoms with Crippen LogP contribution in [0.1, 0.15) is 0 Å². The van der Waals surface area contributed by atoms with Crippen LogP contribution in [0, 0.1) is 0 Å². The lowest BCUT2D eigenvalue weighted by atomic mass is 9.85. The summed E-state index contributed by atoms with van der Waals surface area (Å²) in [5.41, 5.74) is 12.2. The molecule has 0 bridgehead atoms. The van der Waals surface area contributed by atoms with Gasteiger partial charge in [0.2, 0.25) is 0 Å². The Kier molecular flexibility index (Phi) is 6.25. The van der Waals surface area contributed by atoms with Crippen LogP contribution in [-0.2, 0) is 0 Å². The van der Waals surface area contributed by atoms with E-state index in [1.165, 1.54) is 93.1 Å². The van der Waals surface area contributed by atoms with Gasteiger partial charge in [-0.1, -0.05) is 158 Å². The van der Waals surface area contributed by atoms with Gasteiger partial charge in [0, 0.05) is 21.7 Å². The Balaban J connectivity index is 1.16. The van der Waals surface area contributed by atoms with E-state index in [0.29, 0.717) is 0 Å². The third-order valence-electron chi connectivity index (χ3n) is 10.2. The summed E-state index contributed by atoms with van der Waals surface area (Å²) in [5, 5.41) is 10.1. The molecule has 1 heteroatoms. The summed E-state index contributed by atoms with van der Waals surface area (Å²) in [7, 11) is 0. The summed E-state index contributed by atoms with van der Waals surface area (Å²) in [6.45, 7) is 0. The number of hydrogen-bond donors (Lipinski definition) is 1. The summed E-state index contributed by atoms with van der Waals surface area (Å²) in [4.78, 5) is 3.71. The lowest BCUT2D eigenvalue weighted by molar-refractivity contribution is 1.56. The monoisotopic (exact) mass is 621 g/mol. The van der Waals surface area contributed by atoms with Crippen molar-refractivity contribution in [1.29, 1.82) is 0 Å². The second kappa shape index (κ2) is 11.1. The lowest BCUT2D eigenvalue weighted by Gasteiger charge is -2.18. The summed E-state index contributed by atoms with van der Waals surface area (Å²) in [5.74, 6) is 0. The van der Waals surface area contributed by atoms with Crippen LogP contribution in [0.4, 0.5) is 0 Å². The Morgan fingerprint density at radius 1 is 0.265 bits per heavy atom. The van der Waals surface area contributed by atoms with Gasteiger partial charge in [0.1, 0.15) is 0 Å². The number of benzene rings is 9. The standard InChI is InChI=1S/C48H31N/c1-2-12-31(13-3-1)33-15-10-17-36(28-33)46-39-20-6-8-22-41(39)47(42-23-9-7-21-40(42)46)37-18-11-16-34(29-37)35-25-27-45-44(30-35)43-26-24-32-14-4-5-19-38(32)48(43)49-45/h1-30,49H. The number of hydrogen-bond acceptors (Lipinski definition) is 0. The van der Waals surface area contributed by atoms with Crippen molar-refractivity contribution < 1.29 is 0 Å². The molecule has 0 saturated carbocycles. The summed E-state index contributed by atoms with van der Waals surface area (Å²) in [6.07, 6.45) is 0. The predicted molar refractivity (Wildman–Crippen MR) is 210 cm³/mol. The van der Waals surface area contributed by atoms with E-state index in [-0.39, 0.29) is 0 Å². The van der Waals surface area contributed by atoms with Gasteiger partial charge in [-0.05, 0) is 95.7 Å². The SMILES string of the molecule is c1ccc(-c2cccc(-c3c4ccccc4c(-c4cccc(-c5ccc6[nH]c7c8ccccc8ccc7c6c5)c4)c4ccccc34)c2)cc1. The summed E-state index contributed by atoms with van der Waals surface area (Å²) >= 11 is 0. The van der Waals surface area contributed by atoms with E-state index < -0.39 is 0 Å². The number of rotatable bonds is 4. The van der Waals surface area contributed by atoms with Crippen LogP contribution in [0.5, 0.6) is 0 Å². The van der Waals surface area contributed by atoms with Gasteiger partial charge in [-0.15, -0.1) is 0 Å². The van der Waals surface area contributed by atoms with Crippen molar-refractivity contribution >= 4 is 54.1 Å². The van der Waals surface area contributed by atoms with Crippen LogP contribution in [0.15, 0.2) is 182 Å².